The van der Waals surface area contributed by atoms with Crippen LogP contribution in [0.5, 0.6) is 0 Å². The molecule has 1 aliphatic heterocycles. The highest BCUT2D eigenvalue weighted by Crippen LogP contribution is 2.38. The smallest absolute Gasteiger partial charge is 0.330 e. The lowest BCUT2D eigenvalue weighted by Gasteiger charge is -2.28. The summed E-state index contributed by atoms with van der Waals surface area (Å²) in [5.74, 6) is 0. The minimum atomic E-state index is -1.07. The summed E-state index contributed by atoms with van der Waals surface area (Å²) in [4.78, 5) is 25.0. The van der Waals surface area contributed by atoms with Crippen LogP contribution in [0.15, 0.2) is 21.9 Å². The first-order valence-electron chi connectivity index (χ1n) is 6.12. The van der Waals surface area contributed by atoms with Crippen molar-refractivity contribution in [3.05, 3.63) is 33.1 Å². The van der Waals surface area contributed by atoms with Crippen molar-refractivity contribution in [3.63, 3.8) is 0 Å². The molecule has 1 aromatic heterocycles. The molecule has 0 aliphatic carbocycles. The van der Waals surface area contributed by atoms with Gasteiger partial charge in [-0.1, -0.05) is 0 Å². The van der Waals surface area contributed by atoms with E-state index < -0.39 is 35.3 Å². The van der Waals surface area contributed by atoms with Gasteiger partial charge < -0.3 is 19.3 Å². The second kappa shape index (κ2) is 5.49. The molecule has 8 nitrogen and oxygen atoms in total. The maximum atomic E-state index is 11.8. The maximum absolute atomic E-state index is 11.8. The SMILES string of the molecule is COC[C@@]1(C)O[C@@H](n2ccc(=O)[nH]c2=O)[C@@H](O)C1OC. The van der Waals surface area contributed by atoms with Gasteiger partial charge in [-0.05, 0) is 6.92 Å². The Morgan fingerprint density at radius 1 is 1.50 bits per heavy atom. The Morgan fingerprint density at radius 3 is 2.75 bits per heavy atom. The number of aliphatic hydroxyl groups excluding tert-OH is 1. The highest BCUT2D eigenvalue weighted by atomic mass is 16.6. The van der Waals surface area contributed by atoms with E-state index in [9.17, 15) is 14.7 Å². The number of hydrogen-bond acceptors (Lipinski definition) is 6. The summed E-state index contributed by atoms with van der Waals surface area (Å²) in [6.45, 7) is 1.92. The molecule has 2 heterocycles. The zero-order valence-electron chi connectivity index (χ0n) is 11.5. The largest absolute Gasteiger partial charge is 0.386 e. The van der Waals surface area contributed by atoms with E-state index in [2.05, 4.69) is 4.98 Å². The average Bonchev–Trinajstić information content (AvgIpc) is 2.61. The molecule has 1 aromatic rings. The molecular weight excluding hydrogens is 268 g/mol. The molecule has 20 heavy (non-hydrogen) atoms. The van der Waals surface area contributed by atoms with Crippen LogP contribution in [0, 0.1) is 0 Å². The number of H-pyrrole nitrogens is 1. The number of aliphatic hydroxyl groups is 1. The lowest BCUT2D eigenvalue weighted by atomic mass is 9.98. The van der Waals surface area contributed by atoms with Gasteiger partial charge in [0.05, 0.1) is 6.61 Å². The predicted molar refractivity (Wildman–Crippen MR) is 68.5 cm³/mol. The van der Waals surface area contributed by atoms with Gasteiger partial charge in [0.15, 0.2) is 6.23 Å². The number of rotatable bonds is 4. The summed E-state index contributed by atoms with van der Waals surface area (Å²) >= 11 is 0. The highest BCUT2D eigenvalue weighted by molar-refractivity contribution is 5.00. The van der Waals surface area contributed by atoms with Crippen molar-refractivity contribution in [1.29, 1.82) is 0 Å². The van der Waals surface area contributed by atoms with Crippen LogP contribution in [0.25, 0.3) is 0 Å². The molecule has 2 rings (SSSR count). The maximum Gasteiger partial charge on any atom is 0.330 e. The Morgan fingerprint density at radius 2 is 2.20 bits per heavy atom. The molecule has 0 amide bonds. The molecule has 0 spiro atoms. The van der Waals surface area contributed by atoms with E-state index in [1.165, 1.54) is 26.5 Å². The molecule has 2 N–H and O–H groups in total. The second-order valence-corrected chi connectivity index (χ2v) is 4.92. The molecule has 4 atom stereocenters. The summed E-state index contributed by atoms with van der Waals surface area (Å²) in [6, 6.07) is 1.19. The summed E-state index contributed by atoms with van der Waals surface area (Å²) in [6.07, 6.45) is -1.40. The number of nitrogens with zero attached hydrogens (tertiary/aromatic N) is 1. The molecule has 1 saturated heterocycles. The molecule has 1 fully saturated rings. The van der Waals surface area contributed by atoms with Crippen molar-refractivity contribution in [2.75, 3.05) is 20.8 Å². The fourth-order valence-corrected chi connectivity index (χ4v) is 2.56. The normalized spacial score (nSPS) is 33.5. The number of aromatic nitrogens is 2. The van der Waals surface area contributed by atoms with Crippen molar-refractivity contribution in [2.45, 2.75) is 31.0 Å². The fourth-order valence-electron chi connectivity index (χ4n) is 2.56. The second-order valence-electron chi connectivity index (χ2n) is 4.92. The van der Waals surface area contributed by atoms with Gasteiger partial charge in [-0.15, -0.1) is 0 Å². The topological polar surface area (TPSA) is 103 Å². The van der Waals surface area contributed by atoms with E-state index >= 15 is 0 Å². The fraction of sp³-hybridized carbons (Fsp3) is 0.667. The third-order valence-corrected chi connectivity index (χ3v) is 3.40. The first-order chi connectivity index (χ1) is 9.42. The van der Waals surface area contributed by atoms with E-state index in [4.69, 9.17) is 14.2 Å². The van der Waals surface area contributed by atoms with Crippen molar-refractivity contribution in [3.8, 4) is 0 Å². The molecule has 0 aromatic carbocycles. The zero-order chi connectivity index (χ0) is 14.9. The van der Waals surface area contributed by atoms with Gasteiger partial charge in [0.2, 0.25) is 0 Å². The number of hydrogen-bond donors (Lipinski definition) is 2. The van der Waals surface area contributed by atoms with Gasteiger partial charge in [0, 0.05) is 26.5 Å². The highest BCUT2D eigenvalue weighted by Gasteiger charge is 2.53. The molecule has 0 radical (unpaired) electrons. The number of nitrogens with one attached hydrogen (secondary N) is 1. The molecule has 112 valence electrons. The minimum Gasteiger partial charge on any atom is -0.386 e. The molecular formula is C12H18N2O6. The predicted octanol–water partition coefficient (Wildman–Crippen LogP) is -1.15. The molecule has 0 saturated carbocycles. The van der Waals surface area contributed by atoms with E-state index in [-0.39, 0.29) is 6.61 Å². The van der Waals surface area contributed by atoms with Gasteiger partial charge in [-0.25, -0.2) is 4.79 Å². The summed E-state index contributed by atoms with van der Waals surface area (Å²) in [7, 11) is 2.95. The van der Waals surface area contributed by atoms with Crippen LogP contribution in [0.3, 0.4) is 0 Å². The van der Waals surface area contributed by atoms with Crippen LogP contribution >= 0.6 is 0 Å². The summed E-state index contributed by atoms with van der Waals surface area (Å²) < 4.78 is 17.2. The Balaban J connectivity index is 2.39. The third kappa shape index (κ3) is 2.42. The van der Waals surface area contributed by atoms with E-state index in [1.54, 1.807) is 6.92 Å². The quantitative estimate of drug-likeness (QED) is 0.724. The van der Waals surface area contributed by atoms with Crippen molar-refractivity contribution >= 4 is 0 Å². The Hall–Kier alpha value is -1.48. The third-order valence-electron chi connectivity index (χ3n) is 3.40. The molecule has 1 aliphatic rings. The van der Waals surface area contributed by atoms with E-state index in [1.807, 2.05) is 0 Å². The Labute approximate surface area is 114 Å². The van der Waals surface area contributed by atoms with Gasteiger partial charge in [-0.2, -0.15) is 0 Å². The van der Waals surface area contributed by atoms with Crippen LogP contribution in [0.2, 0.25) is 0 Å². The van der Waals surface area contributed by atoms with Crippen LogP contribution in [-0.2, 0) is 14.2 Å². The van der Waals surface area contributed by atoms with Gasteiger partial charge in [0.1, 0.15) is 17.8 Å². The van der Waals surface area contributed by atoms with Crippen LogP contribution < -0.4 is 11.2 Å². The average molecular weight is 286 g/mol. The molecule has 8 heteroatoms. The standard InChI is InChI=1S/C12H18N2O6/c1-12(6-18-2)9(19-3)8(16)10(20-12)14-5-4-7(15)13-11(14)17/h4-5,8-10,16H,6H2,1-3H3,(H,13,15,17)/t8-,9?,10+,12+/m0/s1. The minimum absolute atomic E-state index is 0.192. The van der Waals surface area contributed by atoms with Crippen LogP contribution in [0.1, 0.15) is 13.2 Å². The van der Waals surface area contributed by atoms with Gasteiger partial charge in [0.25, 0.3) is 5.56 Å². The molecule has 0 bridgehead atoms. The first-order valence-corrected chi connectivity index (χ1v) is 6.12. The zero-order valence-corrected chi connectivity index (χ0v) is 11.5. The van der Waals surface area contributed by atoms with Gasteiger partial charge in [-0.3, -0.25) is 14.3 Å². The van der Waals surface area contributed by atoms with Gasteiger partial charge >= 0.3 is 5.69 Å². The van der Waals surface area contributed by atoms with Crippen LogP contribution in [0.4, 0.5) is 0 Å². The lowest BCUT2D eigenvalue weighted by molar-refractivity contribution is -0.130. The first kappa shape index (κ1) is 14.9. The van der Waals surface area contributed by atoms with E-state index in [0.29, 0.717) is 0 Å². The Bertz CT molecular complexity index is 582. The van der Waals surface area contributed by atoms with Crippen molar-refractivity contribution in [1.82, 2.24) is 9.55 Å². The lowest BCUT2D eigenvalue weighted by Crippen LogP contribution is -2.45. The number of ether oxygens (including phenoxy) is 3. The summed E-state index contributed by atoms with van der Waals surface area (Å²) in [5.41, 5.74) is -2.07. The molecule has 1 unspecified atom stereocenters. The van der Waals surface area contributed by atoms with Crippen LogP contribution in [-0.4, -0.2) is 53.3 Å². The summed E-state index contributed by atoms with van der Waals surface area (Å²) in [5, 5.41) is 10.3. The monoisotopic (exact) mass is 286 g/mol. The van der Waals surface area contributed by atoms with Crippen molar-refractivity contribution < 1.29 is 19.3 Å². The van der Waals surface area contributed by atoms with Crippen molar-refractivity contribution in [2.24, 2.45) is 0 Å². The number of methoxy groups -OCH3 is 2. The van der Waals surface area contributed by atoms with E-state index in [0.717, 1.165) is 4.57 Å². The number of aromatic amines is 1. The Kier molecular flexibility index (Phi) is 4.09.